The van der Waals surface area contributed by atoms with Crippen LogP contribution in [-0.2, 0) is 0 Å². The van der Waals surface area contributed by atoms with Gasteiger partial charge in [-0.3, -0.25) is 0 Å². The predicted octanol–water partition coefficient (Wildman–Crippen LogP) is -0.960. The molecule has 0 saturated heterocycles. The number of nitrogens with two attached hydrogens (primary N) is 2. The first-order valence-electron chi connectivity index (χ1n) is 2.39. The molecule has 1 aromatic rings. The summed E-state index contributed by atoms with van der Waals surface area (Å²) in [4.78, 5) is 3.88. The van der Waals surface area contributed by atoms with Crippen LogP contribution in [0, 0.1) is 0 Å². The Morgan fingerprint density at radius 2 is 2.11 bits per heavy atom. The number of nitrogens with zero attached hydrogens (tertiary/aromatic N) is 1. The van der Waals surface area contributed by atoms with Crippen LogP contribution in [0.2, 0.25) is 0 Å². The summed E-state index contributed by atoms with van der Waals surface area (Å²) >= 11 is 2.69. The number of nitrogen functional groups attached to an aromatic ring is 2. The zero-order valence-electron chi connectivity index (χ0n) is 4.66. The van der Waals surface area contributed by atoms with Gasteiger partial charge in [-0.1, -0.05) is 0 Å². The molecule has 0 spiro atoms. The Labute approximate surface area is 61.3 Å². The fraction of sp³-hybridized carbons (Fsp3) is 0. The number of rotatable bonds is 0. The molecule has 47 valence electrons. The Morgan fingerprint density at radius 1 is 1.44 bits per heavy atom. The molecule has 0 atom stereocenters. The minimum atomic E-state index is 0.525. The van der Waals surface area contributed by atoms with Crippen molar-refractivity contribution < 1.29 is 0 Å². The quantitative estimate of drug-likeness (QED) is 0.514. The van der Waals surface area contributed by atoms with Gasteiger partial charge in [-0.2, -0.15) is 0 Å². The van der Waals surface area contributed by atoms with Gasteiger partial charge in [0, 0.05) is 0 Å². The van der Waals surface area contributed by atoms with Crippen molar-refractivity contribution >= 4 is 32.0 Å². The van der Waals surface area contributed by atoms with Crippen LogP contribution in [0.15, 0.2) is 12.3 Å². The number of hydrogen-bond donors (Lipinski definition) is 2. The molecule has 4 heteroatoms. The summed E-state index contributed by atoms with van der Waals surface area (Å²) in [6.07, 6.45) is 1.61. The zero-order valence-corrected chi connectivity index (χ0v) is 6.38. The van der Waals surface area contributed by atoms with Crippen molar-refractivity contribution in [2.45, 2.75) is 0 Å². The topological polar surface area (TPSA) is 64.9 Å². The monoisotopic (exact) mass is 188 g/mol. The van der Waals surface area contributed by atoms with Gasteiger partial charge in [0.05, 0.1) is 0 Å². The van der Waals surface area contributed by atoms with Gasteiger partial charge in [-0.15, -0.1) is 0 Å². The summed E-state index contributed by atoms with van der Waals surface area (Å²) in [5.41, 5.74) is 12.0. The van der Waals surface area contributed by atoms with E-state index in [1.807, 2.05) is 0 Å². The van der Waals surface area contributed by atoms with E-state index in [1.54, 1.807) is 12.3 Å². The number of aromatic nitrogens is 1. The van der Waals surface area contributed by atoms with Crippen LogP contribution in [-0.4, -0.2) is 21.0 Å². The molecule has 0 bridgehead atoms. The van der Waals surface area contributed by atoms with E-state index in [2.05, 4.69) is 21.0 Å². The standard InChI is InChI=1S/C5H6N3Se/c6-3-1-2-8-5(9)4(3)7/h1-2H,7H2,(H2,6,8). The van der Waals surface area contributed by atoms with Crippen molar-refractivity contribution in [2.75, 3.05) is 11.5 Å². The third kappa shape index (κ3) is 1.15. The minimum absolute atomic E-state index is 0.525. The van der Waals surface area contributed by atoms with Crippen molar-refractivity contribution in [3.63, 3.8) is 0 Å². The molecule has 0 unspecified atom stereocenters. The van der Waals surface area contributed by atoms with E-state index in [4.69, 9.17) is 11.5 Å². The van der Waals surface area contributed by atoms with Gasteiger partial charge in [0.2, 0.25) is 0 Å². The van der Waals surface area contributed by atoms with Crippen LogP contribution in [0.4, 0.5) is 11.4 Å². The molecule has 0 aliphatic heterocycles. The molecule has 1 rings (SSSR count). The second-order valence-electron chi connectivity index (χ2n) is 1.62. The van der Waals surface area contributed by atoms with Gasteiger partial charge in [-0.25, -0.2) is 0 Å². The van der Waals surface area contributed by atoms with E-state index in [-0.39, 0.29) is 0 Å². The Balaban J connectivity index is 3.25. The SMILES string of the molecule is Nc1ccnc([Se])c1N. The molecule has 0 amide bonds. The first-order chi connectivity index (χ1) is 4.22. The maximum absolute atomic E-state index is 5.46. The van der Waals surface area contributed by atoms with Gasteiger partial charge in [0.25, 0.3) is 0 Å². The van der Waals surface area contributed by atoms with Crippen LogP contribution in [0.25, 0.3) is 0 Å². The second-order valence-corrected chi connectivity index (χ2v) is 2.43. The fourth-order valence-electron chi connectivity index (χ4n) is 0.468. The van der Waals surface area contributed by atoms with E-state index in [9.17, 15) is 0 Å². The summed E-state index contributed by atoms with van der Waals surface area (Å²) in [6.45, 7) is 0. The first kappa shape index (κ1) is 6.39. The Bertz CT molecular complexity index is 203. The number of pyridine rings is 1. The molecule has 0 aromatic carbocycles. The molecular formula is C5H6N3Se. The van der Waals surface area contributed by atoms with Crippen molar-refractivity contribution in [3.05, 3.63) is 12.3 Å². The molecule has 9 heavy (non-hydrogen) atoms. The van der Waals surface area contributed by atoms with Crippen molar-refractivity contribution in [3.8, 4) is 0 Å². The molecular weight excluding hydrogens is 181 g/mol. The van der Waals surface area contributed by atoms with E-state index >= 15 is 0 Å². The van der Waals surface area contributed by atoms with Crippen LogP contribution in [0.1, 0.15) is 0 Å². The van der Waals surface area contributed by atoms with Crippen molar-refractivity contribution in [1.82, 2.24) is 4.98 Å². The van der Waals surface area contributed by atoms with E-state index in [1.165, 1.54) is 0 Å². The fourth-order valence-corrected chi connectivity index (χ4v) is 0.843. The molecule has 3 nitrogen and oxygen atoms in total. The average Bonchev–Trinajstić information content (AvgIpc) is 1.83. The second kappa shape index (κ2) is 2.25. The Morgan fingerprint density at radius 3 is 2.56 bits per heavy atom. The third-order valence-corrected chi connectivity index (χ3v) is 1.67. The van der Waals surface area contributed by atoms with Crippen LogP contribution in [0.5, 0.6) is 0 Å². The average molecular weight is 187 g/mol. The summed E-state index contributed by atoms with van der Waals surface area (Å²) < 4.78 is 0.662. The molecule has 1 heterocycles. The van der Waals surface area contributed by atoms with E-state index in [0.29, 0.717) is 16.0 Å². The third-order valence-electron chi connectivity index (χ3n) is 0.987. The van der Waals surface area contributed by atoms with Gasteiger partial charge in [0.1, 0.15) is 0 Å². The molecule has 0 fully saturated rings. The zero-order chi connectivity index (χ0) is 6.85. The first-order valence-corrected chi connectivity index (χ1v) is 3.24. The predicted molar refractivity (Wildman–Crippen MR) is 38.4 cm³/mol. The summed E-state index contributed by atoms with van der Waals surface area (Å²) in [5.74, 6) is 0. The Kier molecular flexibility index (Phi) is 1.60. The van der Waals surface area contributed by atoms with Gasteiger partial charge in [0.15, 0.2) is 0 Å². The van der Waals surface area contributed by atoms with Crippen LogP contribution in [0.3, 0.4) is 0 Å². The van der Waals surface area contributed by atoms with E-state index < -0.39 is 0 Å². The summed E-state index contributed by atoms with van der Waals surface area (Å²) in [5, 5.41) is 0. The van der Waals surface area contributed by atoms with E-state index in [0.717, 1.165) is 0 Å². The number of anilines is 2. The van der Waals surface area contributed by atoms with Gasteiger partial charge in [-0.05, 0) is 0 Å². The maximum atomic E-state index is 5.46. The number of hydrogen-bond acceptors (Lipinski definition) is 3. The normalized spacial score (nSPS) is 9.33. The van der Waals surface area contributed by atoms with Gasteiger partial charge < -0.3 is 0 Å². The molecule has 0 aliphatic carbocycles. The molecule has 0 saturated carbocycles. The summed E-state index contributed by atoms with van der Waals surface area (Å²) in [6, 6.07) is 1.66. The molecule has 4 N–H and O–H groups in total. The van der Waals surface area contributed by atoms with Crippen molar-refractivity contribution in [2.24, 2.45) is 0 Å². The molecule has 1 aromatic heterocycles. The molecule has 0 aliphatic rings. The van der Waals surface area contributed by atoms with Crippen LogP contribution < -0.4 is 16.1 Å². The van der Waals surface area contributed by atoms with Crippen molar-refractivity contribution in [1.29, 1.82) is 0 Å². The van der Waals surface area contributed by atoms with Crippen LogP contribution >= 0.6 is 0 Å². The molecule has 1 radical (unpaired) electrons. The Hall–Kier alpha value is -0.731. The summed E-state index contributed by atoms with van der Waals surface area (Å²) in [7, 11) is 0. The van der Waals surface area contributed by atoms with Gasteiger partial charge >= 0.3 is 60.7 Å².